The van der Waals surface area contributed by atoms with E-state index in [1.54, 1.807) is 6.07 Å². The van der Waals surface area contributed by atoms with E-state index in [2.05, 4.69) is 15.1 Å². The fourth-order valence-electron chi connectivity index (χ4n) is 3.18. The first-order chi connectivity index (χ1) is 12.1. The first kappa shape index (κ1) is 17.3. The average molecular weight is 339 g/mol. The molecular weight excluding hydrogens is 314 g/mol. The second-order valence-corrected chi connectivity index (χ2v) is 6.39. The number of aromatic hydroxyl groups is 1. The van der Waals surface area contributed by atoms with Gasteiger partial charge in [-0.2, -0.15) is 0 Å². The number of anilines is 1. The van der Waals surface area contributed by atoms with Gasteiger partial charge in [-0.1, -0.05) is 42.5 Å². The zero-order valence-corrected chi connectivity index (χ0v) is 14.6. The molecule has 1 amide bonds. The van der Waals surface area contributed by atoms with E-state index in [1.165, 1.54) is 0 Å². The highest BCUT2D eigenvalue weighted by Gasteiger charge is 2.26. The van der Waals surface area contributed by atoms with Crippen molar-refractivity contribution in [2.45, 2.75) is 19.5 Å². The monoisotopic (exact) mass is 339 g/mol. The van der Waals surface area contributed by atoms with E-state index in [0.717, 1.165) is 37.4 Å². The van der Waals surface area contributed by atoms with Gasteiger partial charge in [0.05, 0.1) is 11.7 Å². The largest absolute Gasteiger partial charge is 0.506 e. The molecule has 0 spiro atoms. The molecule has 2 aromatic carbocycles. The minimum absolute atomic E-state index is 0.0554. The normalized spacial score (nSPS) is 16.4. The number of nitrogens with one attached hydrogen (secondary N) is 1. The van der Waals surface area contributed by atoms with Crippen LogP contribution in [0.3, 0.4) is 0 Å². The molecule has 3 rings (SSSR count). The fraction of sp³-hybridized carbons (Fsp3) is 0.350. The Kier molecular flexibility index (Phi) is 5.56. The molecule has 5 nitrogen and oxygen atoms in total. The van der Waals surface area contributed by atoms with Gasteiger partial charge in [0.15, 0.2) is 0 Å². The van der Waals surface area contributed by atoms with Crippen molar-refractivity contribution < 1.29 is 9.90 Å². The lowest BCUT2D eigenvalue weighted by molar-refractivity contribution is -0.126. The molecule has 132 valence electrons. The fourth-order valence-corrected chi connectivity index (χ4v) is 3.18. The Bertz CT molecular complexity index is 697. The number of amides is 1. The third-order valence-electron chi connectivity index (χ3n) is 4.77. The predicted octanol–water partition coefficient (Wildman–Crippen LogP) is 2.22. The van der Waals surface area contributed by atoms with Crippen molar-refractivity contribution in [2.75, 3.05) is 31.1 Å². The third-order valence-corrected chi connectivity index (χ3v) is 4.77. The lowest BCUT2D eigenvalue weighted by Crippen LogP contribution is -2.53. The number of phenolic OH excluding ortho intramolecular Hbond substituents is 1. The summed E-state index contributed by atoms with van der Waals surface area (Å²) in [5, 5.41) is 13.0. The van der Waals surface area contributed by atoms with Crippen LogP contribution < -0.4 is 10.2 Å². The van der Waals surface area contributed by atoms with Gasteiger partial charge in [0, 0.05) is 32.7 Å². The Hall–Kier alpha value is -2.53. The molecule has 1 aliphatic heterocycles. The summed E-state index contributed by atoms with van der Waals surface area (Å²) >= 11 is 0. The minimum atomic E-state index is -0.157. The zero-order valence-electron chi connectivity index (χ0n) is 14.6. The van der Waals surface area contributed by atoms with E-state index in [-0.39, 0.29) is 11.9 Å². The Morgan fingerprint density at radius 3 is 2.36 bits per heavy atom. The molecule has 25 heavy (non-hydrogen) atoms. The van der Waals surface area contributed by atoms with Crippen LogP contribution in [0.1, 0.15) is 12.5 Å². The molecule has 2 N–H and O–H groups in total. The standard InChI is InChI=1S/C20H25N3O2/c1-16(20(25)21-15-17-7-3-2-4-8-17)22-11-13-23(14-12-22)18-9-5-6-10-19(18)24/h2-10,16,24H,11-15H2,1H3,(H,21,25)/t16-/m0/s1. The number of carbonyl (C=O) groups is 1. The topological polar surface area (TPSA) is 55.8 Å². The van der Waals surface area contributed by atoms with E-state index < -0.39 is 0 Å². The molecule has 0 saturated carbocycles. The number of piperazine rings is 1. The average Bonchev–Trinajstić information content (AvgIpc) is 2.67. The Balaban J connectivity index is 1.50. The number of para-hydroxylation sites is 2. The molecule has 1 atom stereocenters. The molecule has 5 heteroatoms. The van der Waals surface area contributed by atoms with Gasteiger partial charge in [-0.15, -0.1) is 0 Å². The molecule has 0 aromatic heterocycles. The smallest absolute Gasteiger partial charge is 0.237 e. The predicted molar refractivity (Wildman–Crippen MR) is 99.6 cm³/mol. The van der Waals surface area contributed by atoms with Crippen LogP contribution >= 0.6 is 0 Å². The Morgan fingerprint density at radius 2 is 1.68 bits per heavy atom. The van der Waals surface area contributed by atoms with Gasteiger partial charge < -0.3 is 15.3 Å². The molecule has 0 bridgehead atoms. The molecule has 0 radical (unpaired) electrons. The van der Waals surface area contributed by atoms with Crippen molar-refractivity contribution in [1.29, 1.82) is 0 Å². The molecule has 0 unspecified atom stereocenters. The second-order valence-electron chi connectivity index (χ2n) is 6.39. The Morgan fingerprint density at radius 1 is 1.04 bits per heavy atom. The van der Waals surface area contributed by atoms with Crippen LogP contribution in [0.2, 0.25) is 0 Å². The van der Waals surface area contributed by atoms with E-state index in [0.29, 0.717) is 12.3 Å². The van der Waals surface area contributed by atoms with Crippen LogP contribution in [0.4, 0.5) is 5.69 Å². The van der Waals surface area contributed by atoms with Crippen LogP contribution in [0.25, 0.3) is 0 Å². The van der Waals surface area contributed by atoms with Crippen molar-refractivity contribution in [1.82, 2.24) is 10.2 Å². The van der Waals surface area contributed by atoms with Gasteiger partial charge in [0.1, 0.15) is 5.75 Å². The number of benzene rings is 2. The van der Waals surface area contributed by atoms with E-state index in [1.807, 2.05) is 55.5 Å². The van der Waals surface area contributed by atoms with Crippen LogP contribution in [-0.4, -0.2) is 48.1 Å². The summed E-state index contributed by atoms with van der Waals surface area (Å²) in [5.74, 6) is 0.365. The second kappa shape index (κ2) is 8.03. The van der Waals surface area contributed by atoms with Crippen molar-refractivity contribution in [2.24, 2.45) is 0 Å². The molecule has 1 saturated heterocycles. The molecule has 1 aliphatic rings. The molecule has 0 aliphatic carbocycles. The van der Waals surface area contributed by atoms with Gasteiger partial charge in [-0.25, -0.2) is 0 Å². The first-order valence-electron chi connectivity index (χ1n) is 8.74. The number of hydrogen-bond donors (Lipinski definition) is 2. The highest BCUT2D eigenvalue weighted by Crippen LogP contribution is 2.27. The number of carbonyl (C=O) groups excluding carboxylic acids is 1. The molecule has 1 heterocycles. The SMILES string of the molecule is C[C@@H](C(=O)NCc1ccccc1)N1CCN(c2ccccc2O)CC1. The summed E-state index contributed by atoms with van der Waals surface area (Å²) in [6, 6.07) is 17.2. The lowest BCUT2D eigenvalue weighted by Gasteiger charge is -2.38. The lowest BCUT2D eigenvalue weighted by atomic mass is 10.1. The first-order valence-corrected chi connectivity index (χ1v) is 8.74. The summed E-state index contributed by atoms with van der Waals surface area (Å²) < 4.78 is 0. The van der Waals surface area contributed by atoms with Gasteiger partial charge >= 0.3 is 0 Å². The number of nitrogens with zero attached hydrogens (tertiary/aromatic N) is 2. The van der Waals surface area contributed by atoms with Gasteiger partial charge in [-0.3, -0.25) is 9.69 Å². The highest BCUT2D eigenvalue weighted by molar-refractivity contribution is 5.81. The van der Waals surface area contributed by atoms with Gasteiger partial charge in [0.2, 0.25) is 5.91 Å². The minimum Gasteiger partial charge on any atom is -0.506 e. The van der Waals surface area contributed by atoms with Crippen molar-refractivity contribution in [3.63, 3.8) is 0 Å². The van der Waals surface area contributed by atoms with Crippen LogP contribution in [-0.2, 0) is 11.3 Å². The maximum absolute atomic E-state index is 12.4. The number of rotatable bonds is 5. The molecule has 1 fully saturated rings. The summed E-state index contributed by atoms with van der Waals surface area (Å²) in [5.41, 5.74) is 1.97. The van der Waals surface area contributed by atoms with Crippen molar-refractivity contribution in [3.8, 4) is 5.75 Å². The number of phenols is 1. The highest BCUT2D eigenvalue weighted by atomic mass is 16.3. The number of hydrogen-bond acceptors (Lipinski definition) is 4. The maximum Gasteiger partial charge on any atom is 0.237 e. The van der Waals surface area contributed by atoms with Gasteiger partial charge in [-0.05, 0) is 24.6 Å². The summed E-state index contributed by atoms with van der Waals surface area (Å²) in [6.45, 7) is 5.71. The summed E-state index contributed by atoms with van der Waals surface area (Å²) in [4.78, 5) is 16.8. The van der Waals surface area contributed by atoms with E-state index in [4.69, 9.17) is 0 Å². The van der Waals surface area contributed by atoms with Crippen LogP contribution in [0.5, 0.6) is 5.75 Å². The Labute approximate surface area is 148 Å². The van der Waals surface area contributed by atoms with E-state index >= 15 is 0 Å². The van der Waals surface area contributed by atoms with Crippen LogP contribution in [0, 0.1) is 0 Å². The van der Waals surface area contributed by atoms with Gasteiger partial charge in [0.25, 0.3) is 0 Å². The third kappa shape index (κ3) is 4.31. The molecular formula is C20H25N3O2. The van der Waals surface area contributed by atoms with E-state index in [9.17, 15) is 9.90 Å². The van der Waals surface area contributed by atoms with Crippen molar-refractivity contribution >= 4 is 11.6 Å². The quantitative estimate of drug-likeness (QED) is 0.877. The van der Waals surface area contributed by atoms with Crippen molar-refractivity contribution in [3.05, 3.63) is 60.2 Å². The maximum atomic E-state index is 12.4. The summed E-state index contributed by atoms with van der Waals surface area (Å²) in [6.07, 6.45) is 0. The molecule has 2 aromatic rings. The summed E-state index contributed by atoms with van der Waals surface area (Å²) in [7, 11) is 0. The zero-order chi connectivity index (χ0) is 17.6. The van der Waals surface area contributed by atoms with Crippen LogP contribution in [0.15, 0.2) is 54.6 Å².